The third-order valence-electron chi connectivity index (χ3n) is 3.33. The minimum absolute atomic E-state index is 0.328. The van der Waals surface area contributed by atoms with Gasteiger partial charge in [-0.2, -0.15) is 0 Å². The molecule has 2 atom stereocenters. The van der Waals surface area contributed by atoms with Crippen molar-refractivity contribution in [3.63, 3.8) is 0 Å². The average molecular weight is 215 g/mol. The van der Waals surface area contributed by atoms with Crippen molar-refractivity contribution in [2.75, 3.05) is 20.3 Å². The zero-order valence-electron chi connectivity index (χ0n) is 8.57. The van der Waals surface area contributed by atoms with Gasteiger partial charge in [-0.1, -0.05) is 0 Å². The molecule has 0 unspecified atom stereocenters. The van der Waals surface area contributed by atoms with Crippen molar-refractivity contribution in [1.29, 1.82) is 0 Å². The van der Waals surface area contributed by atoms with Gasteiger partial charge in [-0.15, -0.1) is 0 Å². The number of nitrogens with zero attached hydrogens (tertiary/aromatic N) is 1. The van der Waals surface area contributed by atoms with Crippen LogP contribution in [0.5, 0.6) is 0 Å². The van der Waals surface area contributed by atoms with Gasteiger partial charge in [0.1, 0.15) is 0 Å². The Labute approximate surface area is 90.4 Å². The van der Waals surface area contributed by atoms with E-state index in [-0.39, 0.29) is 0 Å². The zero-order chi connectivity index (χ0) is 9.97. The van der Waals surface area contributed by atoms with E-state index in [0.717, 1.165) is 12.8 Å². The SMILES string of the molecule is CN1[C@@H]2CCOC(=S)OCC[C@H]1CC2. The van der Waals surface area contributed by atoms with E-state index in [2.05, 4.69) is 11.9 Å². The summed E-state index contributed by atoms with van der Waals surface area (Å²) in [4.78, 5) is 2.47. The van der Waals surface area contributed by atoms with Crippen LogP contribution in [0.2, 0.25) is 0 Å². The highest BCUT2D eigenvalue weighted by molar-refractivity contribution is 7.79. The van der Waals surface area contributed by atoms with Crippen molar-refractivity contribution in [2.24, 2.45) is 0 Å². The lowest BCUT2D eigenvalue weighted by atomic mass is 10.1. The molecule has 4 heteroatoms. The van der Waals surface area contributed by atoms with E-state index >= 15 is 0 Å². The van der Waals surface area contributed by atoms with Crippen LogP contribution in [-0.4, -0.2) is 42.5 Å². The van der Waals surface area contributed by atoms with E-state index < -0.39 is 0 Å². The molecule has 80 valence electrons. The molecule has 0 aromatic rings. The van der Waals surface area contributed by atoms with Crippen molar-refractivity contribution in [3.05, 3.63) is 0 Å². The molecule has 2 heterocycles. The van der Waals surface area contributed by atoms with Gasteiger partial charge in [-0.05, 0) is 32.7 Å². The summed E-state index contributed by atoms with van der Waals surface area (Å²) in [7, 11) is 2.21. The molecule has 3 nitrogen and oxygen atoms in total. The molecule has 2 saturated heterocycles. The van der Waals surface area contributed by atoms with E-state index in [9.17, 15) is 0 Å². The number of fused-ring (bicyclic) bond motifs is 2. The van der Waals surface area contributed by atoms with Gasteiger partial charge in [0.25, 0.3) is 0 Å². The van der Waals surface area contributed by atoms with Crippen molar-refractivity contribution < 1.29 is 9.47 Å². The third-order valence-corrected chi connectivity index (χ3v) is 3.56. The number of hydrogen-bond acceptors (Lipinski definition) is 4. The molecule has 0 spiro atoms. The summed E-state index contributed by atoms with van der Waals surface area (Å²) in [6, 6.07) is 1.36. The van der Waals surface area contributed by atoms with Gasteiger partial charge < -0.3 is 14.4 Å². The molecule has 0 radical (unpaired) electrons. The number of rotatable bonds is 0. The van der Waals surface area contributed by atoms with Gasteiger partial charge in [-0.3, -0.25) is 0 Å². The lowest BCUT2D eigenvalue weighted by molar-refractivity contribution is 0.116. The molecule has 2 bridgehead atoms. The zero-order valence-corrected chi connectivity index (χ0v) is 9.39. The van der Waals surface area contributed by atoms with Crippen LogP contribution in [-0.2, 0) is 9.47 Å². The summed E-state index contributed by atoms with van der Waals surface area (Å²) < 4.78 is 10.6. The van der Waals surface area contributed by atoms with Crippen LogP contribution in [0.25, 0.3) is 0 Å². The summed E-state index contributed by atoms with van der Waals surface area (Å²) in [6.07, 6.45) is 4.71. The maximum atomic E-state index is 5.30. The molecule has 2 aliphatic rings. The Morgan fingerprint density at radius 1 is 1.07 bits per heavy atom. The monoisotopic (exact) mass is 215 g/mol. The summed E-state index contributed by atoms with van der Waals surface area (Å²) in [6.45, 7) is 1.39. The van der Waals surface area contributed by atoms with Crippen molar-refractivity contribution in [1.82, 2.24) is 4.90 Å². The van der Waals surface area contributed by atoms with Crippen molar-refractivity contribution in [3.8, 4) is 0 Å². The summed E-state index contributed by atoms with van der Waals surface area (Å²) in [5.41, 5.74) is 0. The Morgan fingerprint density at radius 2 is 1.57 bits per heavy atom. The minimum Gasteiger partial charge on any atom is -0.457 e. The lowest BCUT2D eigenvalue weighted by Crippen LogP contribution is -2.35. The molecule has 2 fully saturated rings. The topological polar surface area (TPSA) is 21.7 Å². The predicted molar refractivity (Wildman–Crippen MR) is 58.3 cm³/mol. The van der Waals surface area contributed by atoms with E-state index in [1.807, 2.05) is 0 Å². The van der Waals surface area contributed by atoms with E-state index in [0.29, 0.717) is 30.5 Å². The largest absolute Gasteiger partial charge is 0.457 e. The maximum Gasteiger partial charge on any atom is 0.352 e. The van der Waals surface area contributed by atoms with Crippen LogP contribution in [0, 0.1) is 0 Å². The highest BCUT2D eigenvalue weighted by Gasteiger charge is 2.30. The van der Waals surface area contributed by atoms with E-state index in [1.54, 1.807) is 0 Å². The maximum absolute atomic E-state index is 5.30. The standard InChI is InChI=1S/C10H17NO2S/c1-11-8-2-3-9(11)5-7-13-10(14)12-6-4-8/h8-9H,2-7H2,1H3/t8-,9+. The van der Waals surface area contributed by atoms with Crippen LogP contribution >= 0.6 is 12.2 Å². The predicted octanol–water partition coefficient (Wildman–Crippen LogP) is 1.56. The molecule has 0 aliphatic carbocycles. The Kier molecular flexibility index (Phi) is 3.23. The van der Waals surface area contributed by atoms with Crippen LogP contribution in [0.1, 0.15) is 25.7 Å². The first-order chi connectivity index (χ1) is 6.77. The highest BCUT2D eigenvalue weighted by atomic mass is 32.1. The number of hydrogen-bond donors (Lipinski definition) is 0. The summed E-state index contributed by atoms with van der Waals surface area (Å²) in [5, 5.41) is 0.328. The molecule has 0 aromatic heterocycles. The molecule has 2 rings (SSSR count). The normalized spacial score (nSPS) is 34.8. The number of ether oxygens (including phenoxy) is 2. The first-order valence-electron chi connectivity index (χ1n) is 5.29. The van der Waals surface area contributed by atoms with Crippen LogP contribution in [0.15, 0.2) is 0 Å². The number of thiocarbonyl (C=S) groups is 1. The molecule has 0 saturated carbocycles. The quantitative estimate of drug-likeness (QED) is 0.572. The van der Waals surface area contributed by atoms with Gasteiger partial charge in [0.05, 0.1) is 13.2 Å². The van der Waals surface area contributed by atoms with E-state index in [1.165, 1.54) is 12.8 Å². The van der Waals surface area contributed by atoms with Gasteiger partial charge in [-0.25, -0.2) is 0 Å². The van der Waals surface area contributed by atoms with Crippen molar-refractivity contribution >= 4 is 17.5 Å². The smallest absolute Gasteiger partial charge is 0.352 e. The molecular weight excluding hydrogens is 198 g/mol. The molecule has 0 aromatic carbocycles. The third kappa shape index (κ3) is 2.17. The molecule has 0 amide bonds. The minimum atomic E-state index is 0.328. The van der Waals surface area contributed by atoms with E-state index in [4.69, 9.17) is 21.7 Å². The Hall–Kier alpha value is -0.350. The summed E-state index contributed by atoms with van der Waals surface area (Å²) in [5.74, 6) is 0. The highest BCUT2D eigenvalue weighted by Crippen LogP contribution is 2.27. The summed E-state index contributed by atoms with van der Waals surface area (Å²) >= 11 is 4.93. The second-order valence-electron chi connectivity index (χ2n) is 4.07. The Balaban J connectivity index is 1.96. The molecule has 0 N–H and O–H groups in total. The van der Waals surface area contributed by atoms with Crippen molar-refractivity contribution in [2.45, 2.75) is 37.8 Å². The first-order valence-corrected chi connectivity index (χ1v) is 5.69. The fraction of sp³-hybridized carbons (Fsp3) is 0.900. The fourth-order valence-corrected chi connectivity index (χ4v) is 2.55. The van der Waals surface area contributed by atoms with Crippen LogP contribution in [0.4, 0.5) is 0 Å². The van der Waals surface area contributed by atoms with Gasteiger partial charge in [0, 0.05) is 24.3 Å². The molecule has 14 heavy (non-hydrogen) atoms. The first kappa shape index (κ1) is 10.2. The fourth-order valence-electron chi connectivity index (χ4n) is 2.38. The lowest BCUT2D eigenvalue weighted by Gasteiger charge is -2.27. The second kappa shape index (κ2) is 4.45. The van der Waals surface area contributed by atoms with Crippen LogP contribution < -0.4 is 0 Å². The Bertz CT molecular complexity index is 202. The molecular formula is C10H17NO2S. The average Bonchev–Trinajstić information content (AvgIpc) is 2.50. The van der Waals surface area contributed by atoms with Gasteiger partial charge >= 0.3 is 5.24 Å². The van der Waals surface area contributed by atoms with Gasteiger partial charge in [0.15, 0.2) is 0 Å². The second-order valence-corrected chi connectivity index (χ2v) is 4.41. The Morgan fingerprint density at radius 3 is 2.07 bits per heavy atom. The molecule has 2 aliphatic heterocycles. The van der Waals surface area contributed by atoms with Crippen LogP contribution in [0.3, 0.4) is 0 Å². The van der Waals surface area contributed by atoms with Gasteiger partial charge in [0.2, 0.25) is 0 Å².